The molecule has 0 heterocycles. The SMILES string of the molecule is COc1cc(C)c([C@H](C)NC(=O)CCCN(c2cccc(Cl)c2C)S(C)(=O)=O)cc1C(C)C. The van der Waals surface area contributed by atoms with Gasteiger partial charge in [-0.1, -0.05) is 31.5 Å². The molecule has 0 saturated carbocycles. The number of carbonyl (C=O) groups excluding carboxylic acids is 1. The van der Waals surface area contributed by atoms with Crippen molar-refractivity contribution in [3.05, 3.63) is 57.6 Å². The third-order valence-corrected chi connectivity index (χ3v) is 7.35. The van der Waals surface area contributed by atoms with E-state index in [1.807, 2.05) is 19.9 Å². The molecule has 1 atom stereocenters. The maximum atomic E-state index is 12.6. The zero-order valence-electron chi connectivity index (χ0n) is 20.5. The van der Waals surface area contributed by atoms with Crippen LogP contribution in [-0.4, -0.2) is 34.2 Å². The number of anilines is 1. The molecule has 2 rings (SSSR count). The number of hydrogen-bond donors (Lipinski definition) is 1. The molecule has 0 spiro atoms. The van der Waals surface area contributed by atoms with Crippen LogP contribution < -0.4 is 14.4 Å². The van der Waals surface area contributed by atoms with E-state index in [2.05, 4.69) is 25.2 Å². The third kappa shape index (κ3) is 6.87. The first-order valence-electron chi connectivity index (χ1n) is 11.1. The number of hydrogen-bond acceptors (Lipinski definition) is 4. The van der Waals surface area contributed by atoms with E-state index >= 15 is 0 Å². The quantitative estimate of drug-likeness (QED) is 0.472. The fraction of sp³-hybridized carbons (Fsp3) is 0.480. The maximum Gasteiger partial charge on any atom is 0.232 e. The summed E-state index contributed by atoms with van der Waals surface area (Å²) < 4.78 is 31.6. The fourth-order valence-corrected chi connectivity index (χ4v) is 5.10. The van der Waals surface area contributed by atoms with E-state index in [1.165, 1.54) is 4.31 Å². The molecule has 1 amide bonds. The van der Waals surface area contributed by atoms with E-state index in [-0.39, 0.29) is 24.9 Å². The predicted molar refractivity (Wildman–Crippen MR) is 136 cm³/mol. The molecule has 0 unspecified atom stereocenters. The van der Waals surface area contributed by atoms with Crippen molar-refractivity contribution in [1.82, 2.24) is 5.32 Å². The summed E-state index contributed by atoms with van der Waals surface area (Å²) in [6.07, 6.45) is 1.76. The van der Waals surface area contributed by atoms with Gasteiger partial charge in [-0.15, -0.1) is 0 Å². The lowest BCUT2D eigenvalue weighted by Crippen LogP contribution is -2.33. The van der Waals surface area contributed by atoms with E-state index in [1.54, 1.807) is 32.2 Å². The standard InChI is InChI=1S/C25H35ClN2O4S/c1-16(2)20-15-21(17(3)14-24(20)32-6)19(5)27-25(29)12-9-13-28(33(7,30)31)23-11-8-10-22(26)18(23)4/h8,10-11,14-16,19H,9,12-13H2,1-7H3,(H,27,29)/t19-/m0/s1. The molecule has 8 heteroatoms. The zero-order chi connectivity index (χ0) is 24.9. The number of aryl methyl sites for hydroxylation is 1. The molecule has 0 aliphatic rings. The number of amides is 1. The molecule has 2 aromatic rings. The van der Waals surface area contributed by atoms with E-state index in [4.69, 9.17) is 16.3 Å². The predicted octanol–water partition coefficient (Wildman–Crippen LogP) is 5.51. The largest absolute Gasteiger partial charge is 0.496 e. The molecule has 0 aliphatic heterocycles. The molecule has 0 saturated heterocycles. The summed E-state index contributed by atoms with van der Waals surface area (Å²) in [7, 11) is -1.85. The number of rotatable bonds is 10. The lowest BCUT2D eigenvalue weighted by Gasteiger charge is -2.25. The third-order valence-electron chi connectivity index (χ3n) is 5.76. The Labute approximate surface area is 203 Å². The van der Waals surface area contributed by atoms with Gasteiger partial charge in [0.1, 0.15) is 5.75 Å². The van der Waals surface area contributed by atoms with Gasteiger partial charge in [0.15, 0.2) is 0 Å². The van der Waals surface area contributed by atoms with Crippen LogP contribution in [0.1, 0.15) is 67.8 Å². The van der Waals surface area contributed by atoms with Gasteiger partial charge in [0.25, 0.3) is 0 Å². The van der Waals surface area contributed by atoms with E-state index in [0.29, 0.717) is 28.6 Å². The van der Waals surface area contributed by atoms with Crippen molar-refractivity contribution < 1.29 is 17.9 Å². The van der Waals surface area contributed by atoms with E-state index in [0.717, 1.165) is 28.7 Å². The van der Waals surface area contributed by atoms with Gasteiger partial charge in [-0.25, -0.2) is 8.42 Å². The highest BCUT2D eigenvalue weighted by Crippen LogP contribution is 2.32. The summed E-state index contributed by atoms with van der Waals surface area (Å²) in [6.45, 7) is 10.1. The highest BCUT2D eigenvalue weighted by molar-refractivity contribution is 7.92. The van der Waals surface area contributed by atoms with Gasteiger partial charge in [-0.2, -0.15) is 0 Å². The van der Waals surface area contributed by atoms with Crippen molar-refractivity contribution in [2.75, 3.05) is 24.2 Å². The van der Waals surface area contributed by atoms with Gasteiger partial charge in [-0.3, -0.25) is 9.10 Å². The molecular formula is C25H35ClN2O4S. The molecule has 0 fully saturated rings. The van der Waals surface area contributed by atoms with Gasteiger partial charge in [-0.05, 0) is 79.6 Å². The topological polar surface area (TPSA) is 75.7 Å². The van der Waals surface area contributed by atoms with Crippen LogP contribution >= 0.6 is 11.6 Å². The van der Waals surface area contributed by atoms with Crippen LogP contribution in [0.25, 0.3) is 0 Å². The first kappa shape index (κ1) is 27.0. The number of ether oxygens (including phenoxy) is 1. The molecule has 1 N–H and O–H groups in total. The van der Waals surface area contributed by atoms with Crippen molar-refractivity contribution in [1.29, 1.82) is 0 Å². The Morgan fingerprint density at radius 2 is 1.82 bits per heavy atom. The second kappa shape index (κ2) is 11.3. The van der Waals surface area contributed by atoms with Crippen LogP contribution in [0.15, 0.2) is 30.3 Å². The van der Waals surface area contributed by atoms with E-state index < -0.39 is 10.0 Å². The summed E-state index contributed by atoms with van der Waals surface area (Å²) in [5, 5.41) is 3.55. The van der Waals surface area contributed by atoms with Crippen molar-refractivity contribution in [3.63, 3.8) is 0 Å². The first-order chi connectivity index (χ1) is 15.4. The molecule has 0 radical (unpaired) electrons. The fourth-order valence-electron chi connectivity index (χ4n) is 3.92. The Kier molecular flexibility index (Phi) is 9.20. The number of methoxy groups -OCH3 is 1. The van der Waals surface area contributed by atoms with Crippen LogP contribution in [0.5, 0.6) is 5.75 Å². The molecule has 0 aliphatic carbocycles. The monoisotopic (exact) mass is 494 g/mol. The summed E-state index contributed by atoms with van der Waals surface area (Å²) in [5.41, 5.74) is 4.41. The molecule has 33 heavy (non-hydrogen) atoms. The van der Waals surface area contributed by atoms with Crippen molar-refractivity contribution >= 4 is 33.2 Å². The molecular weight excluding hydrogens is 460 g/mol. The number of nitrogens with one attached hydrogen (secondary N) is 1. The van der Waals surface area contributed by atoms with Gasteiger partial charge < -0.3 is 10.1 Å². The van der Waals surface area contributed by atoms with Crippen LogP contribution in [-0.2, 0) is 14.8 Å². The maximum absolute atomic E-state index is 12.6. The molecule has 182 valence electrons. The van der Waals surface area contributed by atoms with Gasteiger partial charge in [0, 0.05) is 18.0 Å². The Morgan fingerprint density at radius 1 is 1.15 bits per heavy atom. The Bertz CT molecular complexity index is 1100. The van der Waals surface area contributed by atoms with Gasteiger partial charge in [0.2, 0.25) is 15.9 Å². The van der Waals surface area contributed by atoms with Crippen LogP contribution in [0.2, 0.25) is 5.02 Å². The summed E-state index contributed by atoms with van der Waals surface area (Å²) >= 11 is 6.18. The van der Waals surface area contributed by atoms with Gasteiger partial charge in [0.05, 0.1) is 25.1 Å². The Hall–Kier alpha value is -2.25. The lowest BCUT2D eigenvalue weighted by atomic mass is 9.93. The minimum absolute atomic E-state index is 0.125. The van der Waals surface area contributed by atoms with Crippen molar-refractivity contribution in [2.45, 2.75) is 59.4 Å². The Balaban J connectivity index is 2.07. The first-order valence-corrected chi connectivity index (χ1v) is 13.3. The number of carbonyl (C=O) groups is 1. The number of nitrogens with zero attached hydrogens (tertiary/aromatic N) is 1. The normalized spacial score (nSPS) is 12.5. The average molecular weight is 495 g/mol. The number of halogens is 1. The number of benzene rings is 2. The molecule has 0 aromatic heterocycles. The minimum atomic E-state index is -3.52. The summed E-state index contributed by atoms with van der Waals surface area (Å²) in [4.78, 5) is 12.6. The molecule has 0 bridgehead atoms. The number of sulfonamides is 1. The summed E-state index contributed by atoms with van der Waals surface area (Å²) in [6, 6.07) is 9.09. The molecule has 6 nitrogen and oxygen atoms in total. The van der Waals surface area contributed by atoms with Crippen molar-refractivity contribution in [3.8, 4) is 5.75 Å². The highest BCUT2D eigenvalue weighted by Gasteiger charge is 2.21. The minimum Gasteiger partial charge on any atom is -0.496 e. The average Bonchev–Trinajstić information content (AvgIpc) is 2.72. The zero-order valence-corrected chi connectivity index (χ0v) is 22.1. The molecule has 2 aromatic carbocycles. The van der Waals surface area contributed by atoms with Crippen LogP contribution in [0, 0.1) is 13.8 Å². The second-order valence-electron chi connectivity index (χ2n) is 8.72. The van der Waals surface area contributed by atoms with Crippen LogP contribution in [0.3, 0.4) is 0 Å². The smallest absolute Gasteiger partial charge is 0.232 e. The second-order valence-corrected chi connectivity index (χ2v) is 11.0. The highest BCUT2D eigenvalue weighted by atomic mass is 35.5. The summed E-state index contributed by atoms with van der Waals surface area (Å²) in [5.74, 6) is 1.01. The lowest BCUT2D eigenvalue weighted by molar-refractivity contribution is -0.121. The van der Waals surface area contributed by atoms with Crippen LogP contribution in [0.4, 0.5) is 5.69 Å². The Morgan fingerprint density at radius 3 is 2.39 bits per heavy atom. The van der Waals surface area contributed by atoms with E-state index in [9.17, 15) is 13.2 Å². The van der Waals surface area contributed by atoms with Gasteiger partial charge >= 0.3 is 0 Å². The van der Waals surface area contributed by atoms with Crippen molar-refractivity contribution in [2.24, 2.45) is 0 Å².